The summed E-state index contributed by atoms with van der Waals surface area (Å²) >= 11 is 2.25. The van der Waals surface area contributed by atoms with Crippen molar-refractivity contribution in [3.05, 3.63) is 46.1 Å². The van der Waals surface area contributed by atoms with E-state index in [0.29, 0.717) is 0 Å². The highest BCUT2D eigenvalue weighted by Gasteiger charge is 2.13. The van der Waals surface area contributed by atoms with E-state index in [1.165, 1.54) is 0 Å². The quantitative estimate of drug-likeness (QED) is 0.731. The lowest BCUT2D eigenvalue weighted by Crippen LogP contribution is -2.11. The molecule has 3 rings (SSSR count). The van der Waals surface area contributed by atoms with Crippen LogP contribution in [0.1, 0.15) is 5.69 Å². The second kappa shape index (κ2) is 4.69. The number of halogens is 1. The summed E-state index contributed by atoms with van der Waals surface area (Å²) < 4.78 is 5.00. The largest absolute Gasteiger partial charge is 0.314 e. The molecule has 1 N–H and O–H groups in total. The lowest BCUT2D eigenvalue weighted by atomic mass is 10.4. The van der Waals surface area contributed by atoms with E-state index in [2.05, 4.69) is 42.4 Å². The zero-order valence-corrected chi connectivity index (χ0v) is 12.0. The molecule has 0 fully saturated rings. The van der Waals surface area contributed by atoms with Gasteiger partial charge in [0.25, 0.3) is 0 Å². The van der Waals surface area contributed by atoms with Crippen molar-refractivity contribution in [1.82, 2.24) is 24.5 Å². The van der Waals surface area contributed by atoms with Crippen LogP contribution in [0.5, 0.6) is 0 Å². The van der Waals surface area contributed by atoms with Crippen molar-refractivity contribution in [2.75, 3.05) is 7.05 Å². The first-order valence-electron chi connectivity index (χ1n) is 5.60. The van der Waals surface area contributed by atoms with Gasteiger partial charge in [-0.25, -0.2) is 9.67 Å². The molecule has 18 heavy (non-hydrogen) atoms. The van der Waals surface area contributed by atoms with Crippen LogP contribution in [0.2, 0.25) is 0 Å². The highest BCUT2D eigenvalue weighted by Crippen LogP contribution is 2.17. The third kappa shape index (κ3) is 1.91. The number of nitrogens with zero attached hydrogens (tertiary/aromatic N) is 4. The number of hydrogen-bond donors (Lipinski definition) is 1. The van der Waals surface area contributed by atoms with Crippen LogP contribution in [-0.2, 0) is 6.54 Å². The van der Waals surface area contributed by atoms with Gasteiger partial charge in [-0.1, -0.05) is 6.07 Å². The Morgan fingerprint density at radius 3 is 3.00 bits per heavy atom. The van der Waals surface area contributed by atoms with Gasteiger partial charge in [0.1, 0.15) is 5.65 Å². The molecule has 0 aliphatic heterocycles. The monoisotopic (exact) mass is 353 g/mol. The minimum Gasteiger partial charge on any atom is -0.314 e. The maximum Gasteiger partial charge on any atom is 0.176 e. The lowest BCUT2D eigenvalue weighted by molar-refractivity contribution is 0.754. The Morgan fingerprint density at radius 2 is 2.28 bits per heavy atom. The molecule has 0 aliphatic carbocycles. The second-order valence-electron chi connectivity index (χ2n) is 3.94. The van der Waals surface area contributed by atoms with Crippen LogP contribution in [0.3, 0.4) is 0 Å². The van der Waals surface area contributed by atoms with E-state index < -0.39 is 0 Å². The third-order valence-electron chi connectivity index (χ3n) is 2.72. The highest BCUT2D eigenvalue weighted by atomic mass is 127. The molecule has 3 heterocycles. The molecule has 0 saturated carbocycles. The number of rotatable bonds is 3. The Balaban J connectivity index is 2.24. The highest BCUT2D eigenvalue weighted by molar-refractivity contribution is 14.1. The Morgan fingerprint density at radius 1 is 1.39 bits per heavy atom. The normalized spacial score (nSPS) is 11.2. The summed E-state index contributed by atoms with van der Waals surface area (Å²) in [7, 11) is 1.93. The zero-order chi connectivity index (χ0) is 12.5. The molecule has 0 bridgehead atoms. The predicted octanol–water partition coefficient (Wildman–Crippen LogP) is 1.84. The molecule has 0 spiro atoms. The average molecular weight is 353 g/mol. The van der Waals surface area contributed by atoms with E-state index in [1.54, 1.807) is 0 Å². The van der Waals surface area contributed by atoms with Gasteiger partial charge in [0, 0.05) is 18.9 Å². The van der Waals surface area contributed by atoms with Crippen LogP contribution < -0.4 is 5.32 Å². The van der Waals surface area contributed by atoms with E-state index >= 15 is 0 Å². The smallest absolute Gasteiger partial charge is 0.176 e. The fourth-order valence-corrected chi connectivity index (χ4v) is 2.35. The van der Waals surface area contributed by atoms with Gasteiger partial charge in [-0.05, 0) is 41.8 Å². The summed E-state index contributed by atoms with van der Waals surface area (Å²) in [5.41, 5.74) is 2.04. The molecule has 0 atom stereocenters. The SMILES string of the molecule is CNCc1c(-n2cc(I)cn2)nc2ccccn12. The van der Waals surface area contributed by atoms with E-state index in [4.69, 9.17) is 0 Å². The minimum atomic E-state index is 0.747. The van der Waals surface area contributed by atoms with Gasteiger partial charge in [-0.15, -0.1) is 0 Å². The number of nitrogens with one attached hydrogen (secondary N) is 1. The van der Waals surface area contributed by atoms with E-state index in [1.807, 2.05) is 48.5 Å². The van der Waals surface area contributed by atoms with Gasteiger partial charge in [-0.2, -0.15) is 5.10 Å². The molecule has 5 nitrogen and oxygen atoms in total. The molecular formula is C12H12IN5. The molecule has 0 saturated heterocycles. The fraction of sp³-hybridized carbons (Fsp3) is 0.167. The Hall–Kier alpha value is -1.41. The molecule has 3 aromatic heterocycles. The van der Waals surface area contributed by atoms with Crippen molar-refractivity contribution in [3.8, 4) is 5.82 Å². The molecule has 0 aromatic carbocycles. The molecule has 3 aromatic rings. The Labute approximate surface area is 118 Å². The van der Waals surface area contributed by atoms with Crippen molar-refractivity contribution in [1.29, 1.82) is 0 Å². The van der Waals surface area contributed by atoms with Gasteiger partial charge in [-0.3, -0.25) is 0 Å². The molecule has 92 valence electrons. The number of hydrogen-bond acceptors (Lipinski definition) is 3. The van der Waals surface area contributed by atoms with E-state index in [-0.39, 0.29) is 0 Å². The first-order valence-corrected chi connectivity index (χ1v) is 6.68. The third-order valence-corrected chi connectivity index (χ3v) is 3.28. The Bertz CT molecular complexity index is 685. The fourth-order valence-electron chi connectivity index (χ4n) is 1.97. The van der Waals surface area contributed by atoms with E-state index in [0.717, 1.165) is 27.3 Å². The van der Waals surface area contributed by atoms with Crippen molar-refractivity contribution >= 4 is 28.2 Å². The first kappa shape index (κ1) is 11.7. The average Bonchev–Trinajstić information content (AvgIpc) is 2.95. The standard InChI is InChI=1S/C12H12IN5/c1-14-7-10-12(18-8-9(13)6-15-18)16-11-4-2-3-5-17(10)11/h2-6,8,14H,7H2,1H3. The van der Waals surface area contributed by atoms with Crippen LogP contribution in [0.25, 0.3) is 11.5 Å². The molecule has 0 aliphatic rings. The van der Waals surface area contributed by atoms with Gasteiger partial charge >= 0.3 is 0 Å². The van der Waals surface area contributed by atoms with Crippen LogP contribution >= 0.6 is 22.6 Å². The number of imidazole rings is 1. The van der Waals surface area contributed by atoms with Gasteiger partial charge in [0.15, 0.2) is 5.82 Å². The van der Waals surface area contributed by atoms with Crippen LogP contribution in [-0.4, -0.2) is 26.2 Å². The van der Waals surface area contributed by atoms with Crippen LogP contribution in [0, 0.1) is 3.57 Å². The van der Waals surface area contributed by atoms with Crippen molar-refractivity contribution in [2.24, 2.45) is 0 Å². The molecule has 0 radical (unpaired) electrons. The first-order chi connectivity index (χ1) is 8.79. The van der Waals surface area contributed by atoms with Crippen molar-refractivity contribution in [3.63, 3.8) is 0 Å². The van der Waals surface area contributed by atoms with Gasteiger partial charge < -0.3 is 9.72 Å². The summed E-state index contributed by atoms with van der Waals surface area (Å²) in [6.07, 6.45) is 5.82. The summed E-state index contributed by atoms with van der Waals surface area (Å²) in [5, 5.41) is 7.51. The Kier molecular flexibility index (Phi) is 3.04. The molecule has 0 amide bonds. The van der Waals surface area contributed by atoms with Crippen molar-refractivity contribution in [2.45, 2.75) is 6.54 Å². The molecule has 0 unspecified atom stereocenters. The zero-order valence-electron chi connectivity index (χ0n) is 9.84. The van der Waals surface area contributed by atoms with E-state index in [9.17, 15) is 0 Å². The number of fused-ring (bicyclic) bond motifs is 1. The maximum absolute atomic E-state index is 4.63. The van der Waals surface area contributed by atoms with Crippen molar-refractivity contribution < 1.29 is 0 Å². The molecule has 6 heteroatoms. The maximum atomic E-state index is 4.63. The predicted molar refractivity (Wildman–Crippen MR) is 77.8 cm³/mol. The lowest BCUT2D eigenvalue weighted by Gasteiger charge is -2.03. The number of aromatic nitrogens is 4. The summed E-state index contributed by atoms with van der Waals surface area (Å²) in [4.78, 5) is 4.63. The number of pyridine rings is 1. The van der Waals surface area contributed by atoms with Gasteiger partial charge in [0.05, 0.1) is 15.5 Å². The second-order valence-corrected chi connectivity index (χ2v) is 5.19. The van der Waals surface area contributed by atoms with Gasteiger partial charge in [0.2, 0.25) is 0 Å². The molecular weight excluding hydrogens is 341 g/mol. The topological polar surface area (TPSA) is 47.2 Å². The summed E-state index contributed by atoms with van der Waals surface area (Å²) in [6.45, 7) is 0.747. The van der Waals surface area contributed by atoms with Crippen LogP contribution in [0.15, 0.2) is 36.8 Å². The van der Waals surface area contributed by atoms with Crippen LogP contribution in [0.4, 0.5) is 0 Å². The minimum absolute atomic E-state index is 0.747. The summed E-state index contributed by atoms with van der Waals surface area (Å²) in [6, 6.07) is 5.99. The summed E-state index contributed by atoms with van der Waals surface area (Å²) in [5.74, 6) is 0.874.